The molecule has 0 saturated carbocycles. The molecule has 0 radical (unpaired) electrons. The van der Waals surface area contributed by atoms with Crippen molar-refractivity contribution < 1.29 is 8.83 Å². The molecule has 380 valence electrons. The number of benzene rings is 12. The Labute approximate surface area is 464 Å². The van der Waals surface area contributed by atoms with Gasteiger partial charge < -0.3 is 27.4 Å². The van der Waals surface area contributed by atoms with Crippen molar-refractivity contribution in [2.24, 2.45) is 0 Å². The monoisotopic (exact) mass is 1040 g/mol. The molecule has 0 amide bonds. The summed E-state index contributed by atoms with van der Waals surface area (Å²) >= 11 is 0. The molecule has 12 aromatic carbocycles. The maximum atomic E-state index is 6.67. The summed E-state index contributed by atoms with van der Waals surface area (Å²) in [6.07, 6.45) is 0. The van der Waals surface area contributed by atoms with Gasteiger partial charge in [-0.05, 0) is 131 Å². The molecule has 0 bridgehead atoms. The van der Waals surface area contributed by atoms with Crippen LogP contribution in [0.25, 0.3) is 137 Å². The number of hydrogen-bond acceptors (Lipinski definition) is 3. The highest BCUT2D eigenvalue weighted by Gasteiger charge is 2.36. The van der Waals surface area contributed by atoms with Gasteiger partial charge in [-0.3, -0.25) is 0 Å². The van der Waals surface area contributed by atoms with Crippen LogP contribution in [-0.2, 0) is 5.41 Å². The van der Waals surface area contributed by atoms with Crippen LogP contribution in [0.4, 0.5) is 17.1 Å². The number of fused-ring (bicyclic) bond motifs is 20. The van der Waals surface area contributed by atoms with Crippen LogP contribution in [0.2, 0.25) is 0 Å². The summed E-state index contributed by atoms with van der Waals surface area (Å²) < 4.78 is 20.6. The minimum atomic E-state index is -0.200. The fourth-order valence-corrected chi connectivity index (χ4v) is 14.3. The first-order valence-corrected chi connectivity index (χ1v) is 27.9. The van der Waals surface area contributed by atoms with Crippen LogP contribution in [0.15, 0.2) is 264 Å². The van der Waals surface area contributed by atoms with Gasteiger partial charge in [0.05, 0.1) is 38.8 Å². The zero-order chi connectivity index (χ0) is 53.2. The first-order chi connectivity index (χ1) is 40.0. The van der Waals surface area contributed by atoms with Gasteiger partial charge in [-0.1, -0.05) is 159 Å². The van der Waals surface area contributed by atoms with Crippen molar-refractivity contribution in [1.29, 1.82) is 0 Å². The fraction of sp³-hybridized carbons (Fsp3) is 0.0400. The number of rotatable bonds is 6. The second kappa shape index (κ2) is 16.3. The number of anilines is 3. The quantitative estimate of drug-likeness (QED) is 0.167. The van der Waals surface area contributed by atoms with Crippen LogP contribution in [-0.4, -0.2) is 13.7 Å². The highest BCUT2D eigenvalue weighted by Crippen LogP contribution is 2.52. The molecule has 0 unspecified atom stereocenters. The lowest BCUT2D eigenvalue weighted by atomic mass is 9.82. The van der Waals surface area contributed by atoms with Gasteiger partial charge in [0.15, 0.2) is 5.58 Å². The van der Waals surface area contributed by atoms with Crippen molar-refractivity contribution >= 4 is 126 Å². The van der Waals surface area contributed by atoms with Crippen molar-refractivity contribution in [3.05, 3.63) is 266 Å². The summed E-state index contributed by atoms with van der Waals surface area (Å²) in [7, 11) is 0. The molecule has 1 aliphatic carbocycles. The average Bonchev–Trinajstić information content (AvgIpc) is 4.44. The number of nitrogens with zero attached hydrogens (tertiary/aromatic N) is 4. The zero-order valence-electron chi connectivity index (χ0n) is 44.4. The van der Waals surface area contributed by atoms with E-state index in [1.807, 2.05) is 12.1 Å². The van der Waals surface area contributed by atoms with E-state index in [2.05, 4.69) is 275 Å². The summed E-state index contributed by atoms with van der Waals surface area (Å²) in [5, 5.41) is 11.7. The summed E-state index contributed by atoms with van der Waals surface area (Å²) in [6, 6.07) is 93.0. The topological polar surface area (TPSA) is 44.3 Å². The van der Waals surface area contributed by atoms with Crippen LogP contribution < -0.4 is 4.90 Å². The molecule has 18 rings (SSSR count). The van der Waals surface area contributed by atoms with Gasteiger partial charge in [0.2, 0.25) is 0 Å². The Bertz CT molecular complexity index is 5510. The van der Waals surface area contributed by atoms with E-state index >= 15 is 0 Å². The lowest BCUT2D eigenvalue weighted by Gasteiger charge is -2.25. The third-order valence-corrected chi connectivity index (χ3v) is 17.8. The Kier molecular flexibility index (Phi) is 8.92. The molecular weight excluding hydrogens is 989 g/mol. The lowest BCUT2D eigenvalue weighted by molar-refractivity contribution is 0.660. The maximum Gasteiger partial charge on any atom is 0.159 e. The van der Waals surface area contributed by atoms with Crippen LogP contribution in [0.5, 0.6) is 0 Å². The number of furan rings is 2. The van der Waals surface area contributed by atoms with Gasteiger partial charge in [0.25, 0.3) is 0 Å². The van der Waals surface area contributed by atoms with E-state index in [0.717, 1.165) is 100 Å². The zero-order valence-corrected chi connectivity index (χ0v) is 44.4. The molecule has 0 N–H and O–H groups in total. The van der Waals surface area contributed by atoms with Crippen LogP contribution >= 0.6 is 0 Å². The maximum absolute atomic E-state index is 6.67. The summed E-state index contributed by atoms with van der Waals surface area (Å²) in [6.45, 7) is 4.77. The lowest BCUT2D eigenvalue weighted by Crippen LogP contribution is -2.15. The van der Waals surface area contributed by atoms with Crippen LogP contribution in [0.1, 0.15) is 25.0 Å². The van der Waals surface area contributed by atoms with E-state index in [-0.39, 0.29) is 5.41 Å². The van der Waals surface area contributed by atoms with Gasteiger partial charge in [-0.25, -0.2) is 0 Å². The molecule has 0 saturated heterocycles. The van der Waals surface area contributed by atoms with E-state index in [1.165, 1.54) is 65.6 Å². The Morgan fingerprint density at radius 1 is 0.321 bits per heavy atom. The molecule has 5 aromatic heterocycles. The highest BCUT2D eigenvalue weighted by atomic mass is 16.3. The second-order valence-corrected chi connectivity index (χ2v) is 22.4. The number of aromatic nitrogens is 3. The molecule has 0 fully saturated rings. The smallest absolute Gasteiger partial charge is 0.159 e. The Morgan fingerprint density at radius 3 is 1.56 bits per heavy atom. The number of para-hydroxylation sites is 6. The Morgan fingerprint density at radius 2 is 0.840 bits per heavy atom. The summed E-state index contributed by atoms with van der Waals surface area (Å²) in [5.41, 5.74) is 22.0. The second-order valence-electron chi connectivity index (χ2n) is 22.4. The average molecular weight is 1040 g/mol. The normalized spacial score (nSPS) is 13.2. The van der Waals surface area contributed by atoms with E-state index in [1.54, 1.807) is 0 Å². The minimum Gasteiger partial charge on any atom is -0.456 e. The number of hydrogen-bond donors (Lipinski definition) is 0. The van der Waals surface area contributed by atoms with Crippen LogP contribution in [0.3, 0.4) is 0 Å². The fourth-order valence-electron chi connectivity index (χ4n) is 14.3. The minimum absolute atomic E-state index is 0.200. The highest BCUT2D eigenvalue weighted by molar-refractivity contribution is 6.32. The largest absolute Gasteiger partial charge is 0.456 e. The summed E-state index contributed by atoms with van der Waals surface area (Å²) in [4.78, 5) is 2.31. The van der Waals surface area contributed by atoms with Crippen LogP contribution in [0, 0.1) is 0 Å². The third-order valence-electron chi connectivity index (χ3n) is 17.8. The molecule has 6 heteroatoms. The molecule has 0 aliphatic heterocycles. The Hall–Kier alpha value is -10.6. The molecule has 5 heterocycles. The van der Waals surface area contributed by atoms with Crippen molar-refractivity contribution in [2.75, 3.05) is 4.90 Å². The SMILES string of the molecule is CC1(C)c2ccccc2-c2ccc(-n3c4c(ccc5c4c4ccccc4n5-c4ccc(N(c5ccccc5)c5cccc6c5oc5ccccc56)cc4)c4ccc5c(c6ccccc6n5-c5ccc6oc7ccccc7c6c5)c43)cc21. The molecule has 1 aliphatic rings. The standard InChI is InChI=1S/C75H48N4O2/c1-75(2)60-25-11-6-19-50(60)51-37-35-49(44-61(51)75)79-72-54(55-39-41-65-71(73(55)79)58-23-8-13-27-63(58)78(65)48-36-42-69-59(43-48)53-21-10-14-29-67(53)80-69)38-40-64-70(72)57-22-7-12-26-62(57)77(64)47-33-31-46(32-34-47)76(45-17-4-3-5-18-45)66-28-16-24-56-52-20-9-15-30-68(52)81-74(56)66/h3-44H,1-2H3. The van der Waals surface area contributed by atoms with E-state index in [0.29, 0.717) is 0 Å². The van der Waals surface area contributed by atoms with Crippen molar-refractivity contribution in [1.82, 2.24) is 13.7 Å². The van der Waals surface area contributed by atoms with E-state index in [9.17, 15) is 0 Å². The molecular formula is C75H48N4O2. The van der Waals surface area contributed by atoms with Crippen molar-refractivity contribution in [2.45, 2.75) is 19.3 Å². The molecule has 81 heavy (non-hydrogen) atoms. The van der Waals surface area contributed by atoms with E-state index < -0.39 is 0 Å². The predicted molar refractivity (Wildman–Crippen MR) is 336 cm³/mol. The first kappa shape index (κ1) is 44.4. The van der Waals surface area contributed by atoms with Gasteiger partial charge in [-0.15, -0.1) is 0 Å². The van der Waals surface area contributed by atoms with E-state index in [4.69, 9.17) is 8.83 Å². The molecule has 0 spiro atoms. The van der Waals surface area contributed by atoms with Gasteiger partial charge >= 0.3 is 0 Å². The van der Waals surface area contributed by atoms with Gasteiger partial charge in [0, 0.05) is 87.7 Å². The molecule has 0 atom stereocenters. The first-order valence-electron chi connectivity index (χ1n) is 27.9. The summed E-state index contributed by atoms with van der Waals surface area (Å²) in [5.74, 6) is 0. The van der Waals surface area contributed by atoms with Gasteiger partial charge in [-0.2, -0.15) is 0 Å². The Balaban J connectivity index is 0.904. The molecule has 17 aromatic rings. The predicted octanol–water partition coefficient (Wildman–Crippen LogP) is 20.6. The van der Waals surface area contributed by atoms with Gasteiger partial charge in [0.1, 0.15) is 16.7 Å². The third kappa shape index (κ3) is 6.05. The van der Waals surface area contributed by atoms with Crippen molar-refractivity contribution in [3.63, 3.8) is 0 Å². The molecule has 6 nitrogen and oxygen atoms in total. The van der Waals surface area contributed by atoms with Crippen molar-refractivity contribution in [3.8, 4) is 28.2 Å².